The molecule has 0 bridgehead atoms. The Kier molecular flexibility index (Phi) is 4.91. The molecular formula is C17H20F2N2. The number of hydrogen-bond donors (Lipinski definition) is 1. The van der Waals surface area contributed by atoms with Gasteiger partial charge in [0.1, 0.15) is 0 Å². The third-order valence-corrected chi connectivity index (χ3v) is 3.42. The highest BCUT2D eigenvalue weighted by molar-refractivity contribution is 5.40. The lowest BCUT2D eigenvalue weighted by Gasteiger charge is -2.26. The van der Waals surface area contributed by atoms with E-state index in [4.69, 9.17) is 5.73 Å². The van der Waals surface area contributed by atoms with E-state index < -0.39 is 5.92 Å². The zero-order valence-electron chi connectivity index (χ0n) is 12.1. The maximum atomic E-state index is 14.3. The number of nitrogens with two attached hydrogens (primary N) is 1. The summed E-state index contributed by atoms with van der Waals surface area (Å²) in [6, 6.07) is 15.3. The second-order valence-electron chi connectivity index (χ2n) is 5.12. The van der Waals surface area contributed by atoms with Crippen LogP contribution >= 0.6 is 0 Å². The minimum atomic E-state index is -2.86. The molecule has 0 aromatic heterocycles. The molecule has 2 nitrogen and oxygen atoms in total. The van der Waals surface area contributed by atoms with E-state index in [1.165, 1.54) is 12.1 Å². The quantitative estimate of drug-likeness (QED) is 0.818. The Balaban J connectivity index is 2.08. The molecule has 0 saturated carbocycles. The van der Waals surface area contributed by atoms with E-state index in [1.807, 2.05) is 25.1 Å². The average Bonchev–Trinajstić information content (AvgIpc) is 2.47. The molecule has 0 saturated heterocycles. The molecule has 0 spiro atoms. The maximum absolute atomic E-state index is 14.3. The first-order valence-electron chi connectivity index (χ1n) is 7.01. The van der Waals surface area contributed by atoms with Crippen LogP contribution in [0.4, 0.5) is 14.5 Å². The van der Waals surface area contributed by atoms with Crippen LogP contribution in [0.5, 0.6) is 0 Å². The lowest BCUT2D eigenvalue weighted by Crippen LogP contribution is -2.34. The number of likely N-dealkylation sites (N-methyl/N-ethyl adjacent to an activating group) is 1. The van der Waals surface area contributed by atoms with Gasteiger partial charge in [-0.05, 0) is 24.2 Å². The van der Waals surface area contributed by atoms with E-state index in [2.05, 4.69) is 0 Å². The predicted octanol–water partition coefficient (Wildman–Crippen LogP) is 3.88. The van der Waals surface area contributed by atoms with Crippen LogP contribution in [-0.2, 0) is 12.5 Å². The summed E-state index contributed by atoms with van der Waals surface area (Å²) in [5, 5.41) is 0. The minimum Gasteiger partial charge on any atom is -0.399 e. The first-order chi connectivity index (χ1) is 10.0. The molecule has 112 valence electrons. The summed E-state index contributed by atoms with van der Waals surface area (Å²) in [6.07, 6.45) is 0. The van der Waals surface area contributed by atoms with Crippen LogP contribution in [0.15, 0.2) is 54.6 Å². The summed E-state index contributed by atoms with van der Waals surface area (Å²) >= 11 is 0. The third-order valence-electron chi connectivity index (χ3n) is 3.42. The van der Waals surface area contributed by atoms with Crippen molar-refractivity contribution in [2.24, 2.45) is 0 Å². The largest absolute Gasteiger partial charge is 0.399 e. The zero-order valence-corrected chi connectivity index (χ0v) is 12.1. The molecule has 0 aliphatic carbocycles. The van der Waals surface area contributed by atoms with Crippen molar-refractivity contribution in [1.82, 2.24) is 4.90 Å². The minimum absolute atomic E-state index is 0.0519. The number of hydrogen-bond acceptors (Lipinski definition) is 2. The molecule has 0 radical (unpaired) electrons. The van der Waals surface area contributed by atoms with Crippen molar-refractivity contribution >= 4 is 5.69 Å². The highest BCUT2D eigenvalue weighted by atomic mass is 19.3. The first kappa shape index (κ1) is 15.4. The van der Waals surface area contributed by atoms with E-state index in [-0.39, 0.29) is 12.1 Å². The highest BCUT2D eigenvalue weighted by Gasteiger charge is 2.33. The van der Waals surface area contributed by atoms with E-state index >= 15 is 0 Å². The second kappa shape index (κ2) is 6.68. The van der Waals surface area contributed by atoms with Gasteiger partial charge in [-0.3, -0.25) is 4.90 Å². The predicted molar refractivity (Wildman–Crippen MR) is 82.1 cm³/mol. The topological polar surface area (TPSA) is 29.3 Å². The average molecular weight is 290 g/mol. The summed E-state index contributed by atoms with van der Waals surface area (Å²) in [5.74, 6) is -2.86. The fourth-order valence-corrected chi connectivity index (χ4v) is 2.28. The number of benzene rings is 2. The molecule has 0 aliphatic rings. The van der Waals surface area contributed by atoms with Crippen molar-refractivity contribution in [3.05, 3.63) is 65.7 Å². The van der Waals surface area contributed by atoms with Gasteiger partial charge in [-0.25, -0.2) is 0 Å². The Morgan fingerprint density at radius 2 is 1.76 bits per heavy atom. The molecule has 4 heteroatoms. The lowest BCUT2D eigenvalue weighted by atomic mass is 10.1. The van der Waals surface area contributed by atoms with Crippen molar-refractivity contribution in [2.75, 3.05) is 18.8 Å². The van der Waals surface area contributed by atoms with Crippen LogP contribution in [-0.4, -0.2) is 18.0 Å². The summed E-state index contributed by atoms with van der Waals surface area (Å²) in [5.41, 5.74) is 7.38. The Hall–Kier alpha value is -1.94. The molecule has 0 aliphatic heterocycles. The summed E-state index contributed by atoms with van der Waals surface area (Å²) in [6.45, 7) is 2.59. The normalized spacial score (nSPS) is 11.8. The molecule has 0 heterocycles. The van der Waals surface area contributed by atoms with E-state index in [9.17, 15) is 8.78 Å². The Morgan fingerprint density at radius 1 is 1.05 bits per heavy atom. The molecule has 2 N–H and O–H groups in total. The fourth-order valence-electron chi connectivity index (χ4n) is 2.28. The summed E-state index contributed by atoms with van der Waals surface area (Å²) < 4.78 is 28.6. The molecule has 2 aromatic rings. The number of halogens is 2. The molecule has 2 aromatic carbocycles. The van der Waals surface area contributed by atoms with E-state index in [0.29, 0.717) is 18.8 Å². The SMILES string of the molecule is CCN(Cc1cccc(N)c1)CC(F)(F)c1ccccc1. The molecule has 0 atom stereocenters. The van der Waals surface area contributed by atoms with E-state index in [1.54, 1.807) is 29.2 Å². The Bertz CT molecular complexity index is 570. The van der Waals surface area contributed by atoms with Gasteiger partial charge in [0.15, 0.2) is 0 Å². The number of alkyl halides is 2. The molecule has 21 heavy (non-hydrogen) atoms. The van der Waals surface area contributed by atoms with Crippen molar-refractivity contribution in [1.29, 1.82) is 0 Å². The first-order valence-corrected chi connectivity index (χ1v) is 7.01. The van der Waals surface area contributed by atoms with Crippen LogP contribution in [0.3, 0.4) is 0 Å². The van der Waals surface area contributed by atoms with E-state index in [0.717, 1.165) is 5.56 Å². The maximum Gasteiger partial charge on any atom is 0.285 e. The van der Waals surface area contributed by atoms with Crippen LogP contribution in [0.1, 0.15) is 18.1 Å². The molecule has 0 amide bonds. The summed E-state index contributed by atoms with van der Waals surface area (Å²) in [4.78, 5) is 1.72. The zero-order chi connectivity index (χ0) is 15.3. The standard InChI is InChI=1S/C17H20F2N2/c1-2-21(12-14-7-6-10-16(20)11-14)13-17(18,19)15-8-4-3-5-9-15/h3-11H,2,12-13,20H2,1H3. The number of anilines is 1. The van der Waals surface area contributed by atoms with Gasteiger partial charge in [0.2, 0.25) is 0 Å². The Morgan fingerprint density at radius 3 is 2.38 bits per heavy atom. The smallest absolute Gasteiger partial charge is 0.285 e. The number of rotatable bonds is 6. The van der Waals surface area contributed by atoms with Crippen LogP contribution in [0.25, 0.3) is 0 Å². The molecule has 0 unspecified atom stereocenters. The summed E-state index contributed by atoms with van der Waals surface area (Å²) in [7, 11) is 0. The van der Waals surface area contributed by atoms with Crippen LogP contribution in [0.2, 0.25) is 0 Å². The number of nitrogens with zero attached hydrogens (tertiary/aromatic N) is 1. The monoisotopic (exact) mass is 290 g/mol. The van der Waals surface area contributed by atoms with Gasteiger partial charge in [0.05, 0.1) is 6.54 Å². The third kappa shape index (κ3) is 4.26. The van der Waals surface area contributed by atoms with Gasteiger partial charge in [-0.15, -0.1) is 0 Å². The second-order valence-corrected chi connectivity index (χ2v) is 5.12. The van der Waals surface area contributed by atoms with Gasteiger partial charge in [0.25, 0.3) is 5.92 Å². The fraction of sp³-hybridized carbons (Fsp3) is 0.294. The van der Waals surface area contributed by atoms with Crippen molar-refractivity contribution in [3.63, 3.8) is 0 Å². The number of nitrogen functional groups attached to an aromatic ring is 1. The van der Waals surface area contributed by atoms with Gasteiger partial charge in [0, 0.05) is 17.8 Å². The van der Waals surface area contributed by atoms with Crippen LogP contribution < -0.4 is 5.73 Å². The highest BCUT2D eigenvalue weighted by Crippen LogP contribution is 2.29. The van der Waals surface area contributed by atoms with Gasteiger partial charge in [-0.1, -0.05) is 49.4 Å². The Labute approximate surface area is 124 Å². The van der Waals surface area contributed by atoms with Crippen molar-refractivity contribution < 1.29 is 8.78 Å². The molecule has 0 fully saturated rings. The van der Waals surface area contributed by atoms with Crippen molar-refractivity contribution in [3.8, 4) is 0 Å². The lowest BCUT2D eigenvalue weighted by molar-refractivity contribution is -0.0388. The molecular weight excluding hydrogens is 270 g/mol. The van der Waals surface area contributed by atoms with Gasteiger partial charge in [-0.2, -0.15) is 8.78 Å². The van der Waals surface area contributed by atoms with Gasteiger partial charge >= 0.3 is 0 Å². The van der Waals surface area contributed by atoms with Gasteiger partial charge < -0.3 is 5.73 Å². The van der Waals surface area contributed by atoms with Crippen molar-refractivity contribution in [2.45, 2.75) is 19.4 Å². The van der Waals surface area contributed by atoms with Crippen LogP contribution in [0, 0.1) is 0 Å². The molecule has 2 rings (SSSR count).